The van der Waals surface area contributed by atoms with E-state index in [2.05, 4.69) is 13.0 Å². The third kappa shape index (κ3) is 3.24. The van der Waals surface area contributed by atoms with Gasteiger partial charge in [0, 0.05) is 0 Å². The summed E-state index contributed by atoms with van der Waals surface area (Å²) in [5.41, 5.74) is 3.43. The second kappa shape index (κ2) is 5.17. The van der Waals surface area contributed by atoms with Crippen molar-refractivity contribution in [3.63, 3.8) is 0 Å². The molecule has 1 aromatic carbocycles. The van der Waals surface area contributed by atoms with E-state index in [9.17, 15) is 4.79 Å². The molecule has 0 saturated heterocycles. The molecule has 0 amide bonds. The molecule has 0 radical (unpaired) electrons. The fourth-order valence-electron chi connectivity index (χ4n) is 1.29. The van der Waals surface area contributed by atoms with Crippen LogP contribution in [0.4, 0.5) is 0 Å². The lowest BCUT2D eigenvalue weighted by Crippen LogP contribution is -2.12. The molecule has 0 N–H and O–H groups in total. The summed E-state index contributed by atoms with van der Waals surface area (Å²) in [6.45, 7) is 6.08. The number of Topliss-reactive ketones (excluding diaryl/α,β-unsaturated/α-hetero) is 1. The van der Waals surface area contributed by atoms with Crippen molar-refractivity contribution < 1.29 is 9.53 Å². The van der Waals surface area contributed by atoms with Gasteiger partial charge in [-0.15, -0.1) is 11.6 Å². The second-order valence-corrected chi connectivity index (χ2v) is 3.93. The Kier molecular flexibility index (Phi) is 4.15. The van der Waals surface area contributed by atoms with Gasteiger partial charge >= 0.3 is 0 Å². The standard InChI is InChI=1S/C12H15ClO2/c1-8-4-10(3)12(5-9(8)2)15-7-11(14)6-13/h4-5H,6-7H2,1-3H3. The highest BCUT2D eigenvalue weighted by Gasteiger charge is 2.05. The van der Waals surface area contributed by atoms with Crippen LogP contribution in [-0.2, 0) is 4.79 Å². The van der Waals surface area contributed by atoms with Gasteiger partial charge in [0.2, 0.25) is 0 Å². The van der Waals surface area contributed by atoms with E-state index >= 15 is 0 Å². The van der Waals surface area contributed by atoms with E-state index in [-0.39, 0.29) is 18.3 Å². The summed E-state index contributed by atoms with van der Waals surface area (Å²) in [6.07, 6.45) is 0. The molecule has 2 nitrogen and oxygen atoms in total. The molecule has 0 aliphatic carbocycles. The van der Waals surface area contributed by atoms with Gasteiger partial charge in [0.15, 0.2) is 5.78 Å². The van der Waals surface area contributed by atoms with Crippen LogP contribution in [0.25, 0.3) is 0 Å². The van der Waals surface area contributed by atoms with Gasteiger partial charge in [-0.25, -0.2) is 0 Å². The van der Waals surface area contributed by atoms with E-state index in [1.54, 1.807) is 0 Å². The van der Waals surface area contributed by atoms with Crippen LogP contribution >= 0.6 is 11.6 Å². The van der Waals surface area contributed by atoms with Crippen molar-refractivity contribution >= 4 is 17.4 Å². The lowest BCUT2D eigenvalue weighted by molar-refractivity contribution is -0.118. The molecule has 0 saturated carbocycles. The van der Waals surface area contributed by atoms with Crippen LogP contribution in [0, 0.1) is 20.8 Å². The van der Waals surface area contributed by atoms with E-state index in [0.717, 1.165) is 16.9 Å². The Balaban J connectivity index is 2.77. The van der Waals surface area contributed by atoms with E-state index < -0.39 is 0 Å². The zero-order chi connectivity index (χ0) is 11.4. The molecule has 0 aromatic heterocycles. The Labute approximate surface area is 95.2 Å². The first-order valence-electron chi connectivity index (χ1n) is 4.83. The van der Waals surface area contributed by atoms with Gasteiger partial charge in [-0.05, 0) is 43.5 Å². The minimum Gasteiger partial charge on any atom is -0.486 e. The summed E-state index contributed by atoms with van der Waals surface area (Å²) in [7, 11) is 0. The molecule has 82 valence electrons. The molecule has 1 aromatic rings. The first-order valence-corrected chi connectivity index (χ1v) is 5.36. The minimum absolute atomic E-state index is 0.00386. The van der Waals surface area contributed by atoms with E-state index in [1.807, 2.05) is 19.9 Å². The lowest BCUT2D eigenvalue weighted by Gasteiger charge is -2.10. The van der Waals surface area contributed by atoms with Crippen LogP contribution in [0.1, 0.15) is 16.7 Å². The minimum atomic E-state index is -0.103. The number of benzene rings is 1. The Morgan fingerprint density at radius 3 is 2.40 bits per heavy atom. The topological polar surface area (TPSA) is 26.3 Å². The third-order valence-corrected chi connectivity index (χ3v) is 2.63. The highest BCUT2D eigenvalue weighted by molar-refractivity contribution is 6.27. The van der Waals surface area contributed by atoms with Gasteiger partial charge in [-0.2, -0.15) is 0 Å². The van der Waals surface area contributed by atoms with Gasteiger partial charge in [0.25, 0.3) is 0 Å². The number of hydrogen-bond donors (Lipinski definition) is 0. The van der Waals surface area contributed by atoms with Crippen LogP contribution in [0.3, 0.4) is 0 Å². The number of hydrogen-bond acceptors (Lipinski definition) is 2. The van der Waals surface area contributed by atoms with Gasteiger partial charge in [0.1, 0.15) is 12.4 Å². The van der Waals surface area contributed by atoms with Crippen molar-refractivity contribution in [2.24, 2.45) is 0 Å². The van der Waals surface area contributed by atoms with Crippen LogP contribution in [0.15, 0.2) is 12.1 Å². The maximum Gasteiger partial charge on any atom is 0.184 e. The molecule has 1 rings (SSSR count). The number of carbonyl (C=O) groups excluding carboxylic acids is 1. The van der Waals surface area contributed by atoms with Crippen molar-refractivity contribution in [3.05, 3.63) is 28.8 Å². The Bertz CT molecular complexity index is 372. The molecule has 0 aliphatic heterocycles. The van der Waals surface area contributed by atoms with E-state index in [0.29, 0.717) is 0 Å². The molecular weight excluding hydrogens is 212 g/mol. The normalized spacial score (nSPS) is 10.1. The van der Waals surface area contributed by atoms with Crippen molar-refractivity contribution in [2.45, 2.75) is 20.8 Å². The fourth-order valence-corrected chi connectivity index (χ4v) is 1.36. The Hall–Kier alpha value is -1.02. The molecule has 15 heavy (non-hydrogen) atoms. The first-order chi connectivity index (χ1) is 7.04. The summed E-state index contributed by atoms with van der Waals surface area (Å²) < 4.78 is 5.39. The van der Waals surface area contributed by atoms with Gasteiger partial charge in [0.05, 0.1) is 5.88 Å². The molecular formula is C12H15ClO2. The number of rotatable bonds is 4. The average Bonchev–Trinajstić information content (AvgIpc) is 2.21. The van der Waals surface area contributed by atoms with Crippen molar-refractivity contribution in [1.82, 2.24) is 0 Å². The Morgan fingerprint density at radius 2 is 1.80 bits per heavy atom. The van der Waals surface area contributed by atoms with E-state index in [1.165, 1.54) is 5.56 Å². The summed E-state index contributed by atoms with van der Waals surface area (Å²) in [5, 5.41) is 0. The fraction of sp³-hybridized carbons (Fsp3) is 0.417. The predicted octanol–water partition coefficient (Wildman–Crippen LogP) is 2.80. The number of alkyl halides is 1. The van der Waals surface area contributed by atoms with Crippen molar-refractivity contribution in [1.29, 1.82) is 0 Å². The molecule has 0 fully saturated rings. The van der Waals surface area contributed by atoms with Gasteiger partial charge < -0.3 is 4.74 Å². The number of ether oxygens (including phenoxy) is 1. The molecule has 0 atom stereocenters. The third-order valence-electron chi connectivity index (χ3n) is 2.33. The number of ketones is 1. The number of carbonyl (C=O) groups is 1. The first kappa shape index (κ1) is 12.1. The lowest BCUT2D eigenvalue weighted by atomic mass is 10.1. The van der Waals surface area contributed by atoms with Crippen molar-refractivity contribution in [2.75, 3.05) is 12.5 Å². The SMILES string of the molecule is Cc1cc(C)c(OCC(=O)CCl)cc1C. The number of halogens is 1. The molecule has 0 heterocycles. The molecule has 3 heteroatoms. The maximum atomic E-state index is 11.0. The predicted molar refractivity (Wildman–Crippen MR) is 61.9 cm³/mol. The summed E-state index contributed by atoms with van der Waals surface area (Å²) in [4.78, 5) is 11.0. The van der Waals surface area contributed by atoms with Crippen LogP contribution in [0.5, 0.6) is 5.75 Å². The smallest absolute Gasteiger partial charge is 0.184 e. The zero-order valence-corrected chi connectivity index (χ0v) is 10.0. The highest BCUT2D eigenvalue weighted by atomic mass is 35.5. The monoisotopic (exact) mass is 226 g/mol. The van der Waals surface area contributed by atoms with Crippen LogP contribution < -0.4 is 4.74 Å². The molecule has 0 spiro atoms. The molecule has 0 aliphatic rings. The van der Waals surface area contributed by atoms with Crippen LogP contribution in [0.2, 0.25) is 0 Å². The summed E-state index contributed by atoms with van der Waals surface area (Å²) >= 11 is 5.38. The highest BCUT2D eigenvalue weighted by Crippen LogP contribution is 2.22. The Morgan fingerprint density at radius 1 is 1.20 bits per heavy atom. The molecule has 0 unspecified atom stereocenters. The summed E-state index contributed by atoms with van der Waals surface area (Å²) in [5.74, 6) is 0.662. The zero-order valence-electron chi connectivity index (χ0n) is 9.26. The second-order valence-electron chi connectivity index (χ2n) is 3.66. The quantitative estimate of drug-likeness (QED) is 0.738. The average molecular weight is 227 g/mol. The van der Waals surface area contributed by atoms with Crippen molar-refractivity contribution in [3.8, 4) is 5.75 Å². The van der Waals surface area contributed by atoms with Crippen LogP contribution in [-0.4, -0.2) is 18.3 Å². The van der Waals surface area contributed by atoms with Gasteiger partial charge in [-0.1, -0.05) is 6.07 Å². The largest absolute Gasteiger partial charge is 0.486 e. The maximum absolute atomic E-state index is 11.0. The van der Waals surface area contributed by atoms with E-state index in [4.69, 9.17) is 16.3 Å². The number of aryl methyl sites for hydroxylation is 3. The molecule has 0 bridgehead atoms. The summed E-state index contributed by atoms with van der Waals surface area (Å²) in [6, 6.07) is 4.00. The van der Waals surface area contributed by atoms with Gasteiger partial charge in [-0.3, -0.25) is 4.79 Å².